The summed E-state index contributed by atoms with van der Waals surface area (Å²) in [6.45, 7) is 2.00. The summed E-state index contributed by atoms with van der Waals surface area (Å²) >= 11 is 6.38. The van der Waals surface area contributed by atoms with E-state index in [1.165, 1.54) is 11.8 Å². The lowest BCUT2D eigenvalue weighted by Gasteiger charge is -2.15. The van der Waals surface area contributed by atoms with Gasteiger partial charge < -0.3 is 0 Å². The fourth-order valence-electron chi connectivity index (χ4n) is 2.13. The Morgan fingerprint density at radius 1 is 1.12 bits per heavy atom. The highest BCUT2D eigenvalue weighted by Gasteiger charge is 2.33. The van der Waals surface area contributed by atoms with Gasteiger partial charge in [0.15, 0.2) is 4.32 Å². The van der Waals surface area contributed by atoms with Crippen LogP contribution in [0.5, 0.6) is 0 Å². The van der Waals surface area contributed by atoms with Crippen molar-refractivity contribution in [3.05, 3.63) is 76.2 Å². The maximum atomic E-state index is 12.5. The molecule has 2 aromatic carbocycles. The normalized spacial score (nSPS) is 15.9. The highest BCUT2D eigenvalue weighted by atomic mass is 32.2. The van der Waals surface area contributed by atoms with Gasteiger partial charge in [0.05, 0.1) is 4.91 Å². The van der Waals surface area contributed by atoms with Crippen molar-refractivity contribution in [1.29, 1.82) is 0 Å². The monoisotopic (exact) mass is 354 g/mol. The minimum atomic E-state index is -0.372. The summed E-state index contributed by atoms with van der Waals surface area (Å²) in [4.78, 5) is 25.2. The third kappa shape index (κ3) is 3.55. The first kappa shape index (κ1) is 16.4. The third-order valence-electron chi connectivity index (χ3n) is 3.42. The summed E-state index contributed by atoms with van der Waals surface area (Å²) in [6.07, 6.45) is 1.77. The lowest BCUT2D eigenvalue weighted by molar-refractivity contribution is -0.123. The molecule has 0 aliphatic carbocycles. The van der Waals surface area contributed by atoms with E-state index < -0.39 is 0 Å². The Labute approximate surface area is 149 Å². The molecule has 120 valence electrons. The molecule has 1 N–H and O–H groups in total. The second-order valence-electron chi connectivity index (χ2n) is 5.23. The zero-order valence-electron chi connectivity index (χ0n) is 12.9. The molecule has 0 atom stereocenters. The average molecular weight is 354 g/mol. The van der Waals surface area contributed by atoms with Crippen molar-refractivity contribution in [1.82, 2.24) is 10.4 Å². The van der Waals surface area contributed by atoms with Crippen LogP contribution in [0, 0.1) is 6.92 Å². The molecular weight excluding hydrogens is 340 g/mol. The summed E-state index contributed by atoms with van der Waals surface area (Å²) in [6, 6.07) is 16.5. The Balaban J connectivity index is 1.77. The van der Waals surface area contributed by atoms with Crippen molar-refractivity contribution in [3.63, 3.8) is 0 Å². The van der Waals surface area contributed by atoms with Crippen LogP contribution < -0.4 is 5.43 Å². The Morgan fingerprint density at radius 2 is 1.79 bits per heavy atom. The highest BCUT2D eigenvalue weighted by Crippen LogP contribution is 2.31. The van der Waals surface area contributed by atoms with Crippen LogP contribution >= 0.6 is 24.0 Å². The number of hydrogen-bond acceptors (Lipinski definition) is 4. The summed E-state index contributed by atoms with van der Waals surface area (Å²) in [7, 11) is 0. The van der Waals surface area contributed by atoms with E-state index in [4.69, 9.17) is 12.2 Å². The fourth-order valence-corrected chi connectivity index (χ4v) is 3.31. The molecule has 0 saturated carbocycles. The topological polar surface area (TPSA) is 49.4 Å². The van der Waals surface area contributed by atoms with Gasteiger partial charge in [0.2, 0.25) is 0 Å². The first-order chi connectivity index (χ1) is 11.5. The summed E-state index contributed by atoms with van der Waals surface area (Å²) in [5.74, 6) is -0.696. The number of aryl methyl sites for hydroxylation is 1. The van der Waals surface area contributed by atoms with E-state index in [0.717, 1.165) is 16.1 Å². The van der Waals surface area contributed by atoms with Gasteiger partial charge >= 0.3 is 0 Å². The predicted octanol–water partition coefficient (Wildman–Crippen LogP) is 3.54. The molecule has 0 spiro atoms. The number of thioether (sulfide) groups is 1. The summed E-state index contributed by atoms with van der Waals surface area (Å²) < 4.78 is 0.308. The smallest absolute Gasteiger partial charge is 0.267 e. The van der Waals surface area contributed by atoms with Crippen LogP contribution in [0.1, 0.15) is 21.5 Å². The fraction of sp³-hybridized carbons (Fsp3) is 0.0556. The molecule has 1 heterocycles. The summed E-state index contributed by atoms with van der Waals surface area (Å²) in [5.41, 5.74) is 5.09. The van der Waals surface area contributed by atoms with Crippen LogP contribution in [0.15, 0.2) is 59.5 Å². The number of carbonyl (C=O) groups excluding carboxylic acids is 2. The number of amides is 2. The van der Waals surface area contributed by atoms with E-state index >= 15 is 0 Å². The average Bonchev–Trinajstić information content (AvgIpc) is 2.85. The van der Waals surface area contributed by atoms with Crippen LogP contribution in [-0.4, -0.2) is 21.1 Å². The molecule has 1 aliphatic heterocycles. The highest BCUT2D eigenvalue weighted by molar-refractivity contribution is 8.26. The minimum absolute atomic E-state index is 0.308. The van der Waals surface area contributed by atoms with Gasteiger partial charge in [-0.1, -0.05) is 59.8 Å². The van der Waals surface area contributed by atoms with E-state index in [0.29, 0.717) is 14.8 Å². The molecule has 2 aromatic rings. The number of nitrogens with zero attached hydrogens (tertiary/aromatic N) is 1. The molecule has 0 bridgehead atoms. The molecule has 0 unspecified atom stereocenters. The summed E-state index contributed by atoms with van der Waals surface area (Å²) in [5, 5.41) is 1.12. The van der Waals surface area contributed by atoms with Gasteiger partial charge in [-0.3, -0.25) is 15.0 Å². The standard InChI is InChI=1S/C18H14N2O2S2/c1-12-7-9-13(10-8-12)11-15-17(22)20(18(23)24-15)19-16(21)14-5-3-2-4-6-14/h2-11H,1H3,(H,19,21)/b15-11+. The third-order valence-corrected chi connectivity index (χ3v) is 4.72. The van der Waals surface area contributed by atoms with Gasteiger partial charge in [-0.15, -0.1) is 0 Å². The van der Waals surface area contributed by atoms with Crippen LogP contribution in [-0.2, 0) is 4.79 Å². The Kier molecular flexibility index (Phi) is 4.78. The first-order valence-corrected chi connectivity index (χ1v) is 8.48. The van der Waals surface area contributed by atoms with Crippen molar-refractivity contribution in [2.24, 2.45) is 0 Å². The van der Waals surface area contributed by atoms with E-state index in [9.17, 15) is 9.59 Å². The largest absolute Gasteiger partial charge is 0.285 e. The molecule has 1 fully saturated rings. The van der Waals surface area contributed by atoms with E-state index in [2.05, 4.69) is 5.43 Å². The molecule has 2 amide bonds. The molecule has 0 radical (unpaired) electrons. The SMILES string of the molecule is Cc1ccc(/C=C2/SC(=S)N(NC(=O)c3ccccc3)C2=O)cc1. The molecule has 24 heavy (non-hydrogen) atoms. The molecule has 1 saturated heterocycles. The molecule has 4 nitrogen and oxygen atoms in total. The second-order valence-corrected chi connectivity index (χ2v) is 6.91. The first-order valence-electron chi connectivity index (χ1n) is 7.25. The molecule has 1 aliphatic rings. The minimum Gasteiger partial charge on any atom is -0.267 e. The van der Waals surface area contributed by atoms with Crippen molar-refractivity contribution < 1.29 is 9.59 Å². The number of carbonyl (C=O) groups is 2. The lowest BCUT2D eigenvalue weighted by Crippen LogP contribution is -2.44. The van der Waals surface area contributed by atoms with E-state index in [-0.39, 0.29) is 11.8 Å². The molecular formula is C18H14N2O2S2. The predicted molar refractivity (Wildman–Crippen MR) is 100 cm³/mol. The van der Waals surface area contributed by atoms with Crippen LogP contribution in [0.25, 0.3) is 6.08 Å². The molecule has 3 rings (SSSR count). The second kappa shape index (κ2) is 6.98. The van der Waals surface area contributed by atoms with Crippen molar-refractivity contribution in [2.45, 2.75) is 6.92 Å². The molecule has 6 heteroatoms. The Hall–Kier alpha value is -2.44. The van der Waals surface area contributed by atoms with E-state index in [1.54, 1.807) is 30.3 Å². The van der Waals surface area contributed by atoms with Crippen LogP contribution in [0.4, 0.5) is 0 Å². The van der Waals surface area contributed by atoms with Gasteiger partial charge in [-0.2, -0.15) is 5.01 Å². The zero-order chi connectivity index (χ0) is 17.1. The number of hydrogen-bond donors (Lipinski definition) is 1. The number of rotatable bonds is 3. The van der Waals surface area contributed by atoms with E-state index in [1.807, 2.05) is 37.3 Å². The molecule has 0 aromatic heterocycles. The van der Waals surface area contributed by atoms with Crippen molar-refractivity contribution in [3.8, 4) is 0 Å². The lowest BCUT2D eigenvalue weighted by atomic mass is 10.1. The van der Waals surface area contributed by atoms with Crippen molar-refractivity contribution in [2.75, 3.05) is 0 Å². The van der Waals surface area contributed by atoms with Gasteiger partial charge in [0.1, 0.15) is 0 Å². The number of benzene rings is 2. The Bertz CT molecular complexity index is 830. The van der Waals surface area contributed by atoms with Crippen LogP contribution in [0.2, 0.25) is 0 Å². The maximum absolute atomic E-state index is 12.5. The van der Waals surface area contributed by atoms with Crippen molar-refractivity contribution >= 4 is 46.2 Å². The van der Waals surface area contributed by atoms with Gasteiger partial charge in [-0.05, 0) is 42.9 Å². The Morgan fingerprint density at radius 3 is 2.46 bits per heavy atom. The van der Waals surface area contributed by atoms with Gasteiger partial charge in [0, 0.05) is 5.56 Å². The van der Waals surface area contributed by atoms with Gasteiger partial charge in [-0.25, -0.2) is 0 Å². The number of nitrogens with one attached hydrogen (secondary N) is 1. The van der Waals surface area contributed by atoms with Crippen LogP contribution in [0.3, 0.4) is 0 Å². The quantitative estimate of drug-likeness (QED) is 0.677. The number of hydrazine groups is 1. The number of thiocarbonyl (C=S) groups is 1. The van der Waals surface area contributed by atoms with Gasteiger partial charge in [0.25, 0.3) is 11.8 Å². The maximum Gasteiger partial charge on any atom is 0.285 e. The zero-order valence-corrected chi connectivity index (χ0v) is 14.5.